The maximum atomic E-state index is 13.8. The second-order valence-electron chi connectivity index (χ2n) is 6.44. The van der Waals surface area contributed by atoms with E-state index in [-0.39, 0.29) is 15.5 Å². The van der Waals surface area contributed by atoms with Crippen LogP contribution in [0, 0.1) is 11.6 Å². The van der Waals surface area contributed by atoms with Crippen molar-refractivity contribution in [3.05, 3.63) is 92.6 Å². The van der Waals surface area contributed by atoms with Gasteiger partial charge >= 0.3 is 4.87 Å². The summed E-state index contributed by atoms with van der Waals surface area (Å²) in [6, 6.07) is 13.8. The van der Waals surface area contributed by atoms with E-state index in [0.717, 1.165) is 29.0 Å². The third kappa shape index (κ3) is 4.09. The molecule has 10 heteroatoms. The fraction of sp³-hybridized carbons (Fsp3) is 0.0500. The Morgan fingerprint density at radius 1 is 1.00 bits per heavy atom. The highest BCUT2D eigenvalue weighted by molar-refractivity contribution is 7.92. The first-order chi connectivity index (χ1) is 14.2. The van der Waals surface area contributed by atoms with Crippen LogP contribution in [0.2, 0.25) is 5.02 Å². The van der Waals surface area contributed by atoms with Crippen LogP contribution in [-0.2, 0) is 16.6 Å². The Balaban J connectivity index is 1.68. The van der Waals surface area contributed by atoms with E-state index in [4.69, 9.17) is 11.6 Å². The van der Waals surface area contributed by atoms with Gasteiger partial charge in [-0.15, -0.1) is 0 Å². The van der Waals surface area contributed by atoms with E-state index < -0.39 is 21.7 Å². The Bertz CT molecular complexity index is 1410. The molecule has 0 aliphatic carbocycles. The number of fused-ring (bicyclic) bond motifs is 1. The molecule has 3 aromatic carbocycles. The lowest BCUT2D eigenvalue weighted by Gasteiger charge is -2.09. The average molecular weight is 467 g/mol. The molecule has 0 atom stereocenters. The second kappa shape index (κ2) is 7.82. The van der Waals surface area contributed by atoms with E-state index in [9.17, 15) is 22.0 Å². The third-order valence-corrected chi connectivity index (χ3v) is 6.94. The van der Waals surface area contributed by atoms with Crippen molar-refractivity contribution >= 4 is 48.9 Å². The van der Waals surface area contributed by atoms with Crippen molar-refractivity contribution in [2.24, 2.45) is 0 Å². The molecular weight excluding hydrogens is 454 g/mol. The van der Waals surface area contributed by atoms with Gasteiger partial charge in [0.25, 0.3) is 10.0 Å². The molecule has 0 saturated heterocycles. The van der Waals surface area contributed by atoms with Crippen LogP contribution in [0.5, 0.6) is 0 Å². The van der Waals surface area contributed by atoms with E-state index in [0.29, 0.717) is 27.9 Å². The molecule has 0 saturated carbocycles. The normalized spacial score (nSPS) is 11.7. The minimum absolute atomic E-state index is 0.140. The number of anilines is 1. The first-order valence-corrected chi connectivity index (χ1v) is 11.3. The molecule has 1 aromatic heterocycles. The Morgan fingerprint density at radius 3 is 2.43 bits per heavy atom. The molecule has 0 spiro atoms. The van der Waals surface area contributed by atoms with Gasteiger partial charge in [0.1, 0.15) is 11.6 Å². The van der Waals surface area contributed by atoms with Crippen LogP contribution in [0.15, 0.2) is 70.4 Å². The molecule has 0 bridgehead atoms. The maximum Gasteiger partial charge on any atom is 0.308 e. The molecule has 0 fully saturated rings. The van der Waals surface area contributed by atoms with Gasteiger partial charge in [-0.05, 0) is 48.0 Å². The van der Waals surface area contributed by atoms with Gasteiger partial charge in [-0.2, -0.15) is 0 Å². The Labute approximate surface area is 179 Å². The highest BCUT2D eigenvalue weighted by atomic mass is 35.5. The van der Waals surface area contributed by atoms with Crippen molar-refractivity contribution in [3.63, 3.8) is 0 Å². The zero-order chi connectivity index (χ0) is 21.5. The lowest BCUT2D eigenvalue weighted by atomic mass is 10.2. The number of thiazole rings is 1. The standard InChI is InChI=1S/C20H13ClF2N2O3S2/c21-13-3-1-12(2-4-13)11-25-18-8-6-15(10-19(18)29-20(25)26)30(27,28)24-17-7-5-14(22)9-16(17)23/h1-10,24H,11H2. The molecule has 0 aliphatic heterocycles. The van der Waals surface area contributed by atoms with Crippen molar-refractivity contribution in [1.82, 2.24) is 4.57 Å². The molecule has 0 radical (unpaired) electrons. The van der Waals surface area contributed by atoms with Crippen molar-refractivity contribution in [3.8, 4) is 0 Å². The van der Waals surface area contributed by atoms with E-state index in [1.54, 1.807) is 24.3 Å². The molecular formula is C20H13ClF2N2O3S2. The molecule has 4 rings (SSSR count). The zero-order valence-corrected chi connectivity index (χ0v) is 17.5. The second-order valence-corrected chi connectivity index (χ2v) is 9.55. The van der Waals surface area contributed by atoms with Gasteiger partial charge in [0.2, 0.25) is 0 Å². The number of aromatic nitrogens is 1. The quantitative estimate of drug-likeness (QED) is 0.457. The van der Waals surface area contributed by atoms with Crippen molar-refractivity contribution in [1.29, 1.82) is 0 Å². The molecule has 5 nitrogen and oxygen atoms in total. The lowest BCUT2D eigenvalue weighted by molar-refractivity contribution is 0.583. The summed E-state index contributed by atoms with van der Waals surface area (Å²) in [5, 5.41) is 0.584. The predicted molar refractivity (Wildman–Crippen MR) is 114 cm³/mol. The summed E-state index contributed by atoms with van der Waals surface area (Å²) in [6.45, 7) is 0.307. The monoisotopic (exact) mass is 466 g/mol. The van der Waals surface area contributed by atoms with Crippen molar-refractivity contribution < 1.29 is 17.2 Å². The van der Waals surface area contributed by atoms with E-state index >= 15 is 0 Å². The minimum atomic E-state index is -4.14. The summed E-state index contributed by atoms with van der Waals surface area (Å²) in [5.74, 6) is -1.85. The fourth-order valence-electron chi connectivity index (χ4n) is 2.91. The molecule has 4 aromatic rings. The van der Waals surface area contributed by atoms with Crippen LogP contribution < -0.4 is 9.60 Å². The smallest absolute Gasteiger partial charge is 0.294 e. The van der Waals surface area contributed by atoms with E-state index in [2.05, 4.69) is 4.72 Å². The fourth-order valence-corrected chi connectivity index (χ4v) is 5.14. The van der Waals surface area contributed by atoms with Crippen LogP contribution in [0.1, 0.15) is 5.56 Å². The third-order valence-electron chi connectivity index (χ3n) is 4.38. The van der Waals surface area contributed by atoms with Crippen LogP contribution >= 0.6 is 22.9 Å². The van der Waals surface area contributed by atoms with Gasteiger partial charge in [-0.1, -0.05) is 35.1 Å². The van der Waals surface area contributed by atoms with Gasteiger partial charge < -0.3 is 0 Å². The highest BCUT2D eigenvalue weighted by Crippen LogP contribution is 2.25. The van der Waals surface area contributed by atoms with Crippen LogP contribution in [0.4, 0.5) is 14.5 Å². The van der Waals surface area contributed by atoms with Crippen molar-refractivity contribution in [2.45, 2.75) is 11.4 Å². The van der Waals surface area contributed by atoms with Crippen molar-refractivity contribution in [2.75, 3.05) is 4.72 Å². The number of rotatable bonds is 5. The number of sulfonamides is 1. The SMILES string of the molecule is O=c1sc2cc(S(=O)(=O)Nc3ccc(F)cc3F)ccc2n1Cc1ccc(Cl)cc1. The Hall–Kier alpha value is -2.75. The maximum absolute atomic E-state index is 13.8. The van der Waals surface area contributed by atoms with E-state index in [1.807, 2.05) is 0 Å². The Morgan fingerprint density at radius 2 is 1.73 bits per heavy atom. The first kappa shape index (κ1) is 20.5. The van der Waals surface area contributed by atoms with Crippen LogP contribution in [0.3, 0.4) is 0 Å². The molecule has 0 unspecified atom stereocenters. The minimum Gasteiger partial charge on any atom is -0.294 e. The van der Waals surface area contributed by atoms with Gasteiger partial charge in [0.15, 0.2) is 0 Å². The molecule has 1 heterocycles. The summed E-state index contributed by atoms with van der Waals surface area (Å²) in [4.78, 5) is 12.1. The van der Waals surface area contributed by atoms with Gasteiger partial charge in [-0.25, -0.2) is 17.2 Å². The molecule has 1 N–H and O–H groups in total. The van der Waals surface area contributed by atoms with Crippen LogP contribution in [0.25, 0.3) is 10.2 Å². The number of nitrogens with zero attached hydrogens (tertiary/aromatic N) is 1. The summed E-state index contributed by atoms with van der Waals surface area (Å²) >= 11 is 6.79. The highest BCUT2D eigenvalue weighted by Gasteiger charge is 2.19. The summed E-state index contributed by atoms with van der Waals surface area (Å²) in [5.41, 5.74) is 1.07. The topological polar surface area (TPSA) is 68.2 Å². The number of hydrogen-bond donors (Lipinski definition) is 1. The molecule has 30 heavy (non-hydrogen) atoms. The summed E-state index contributed by atoms with van der Waals surface area (Å²) in [7, 11) is -4.14. The number of nitrogens with one attached hydrogen (secondary N) is 1. The zero-order valence-electron chi connectivity index (χ0n) is 15.1. The Kier molecular flexibility index (Phi) is 5.35. The molecule has 0 aliphatic rings. The largest absolute Gasteiger partial charge is 0.308 e. The average Bonchev–Trinajstić information content (AvgIpc) is 3.00. The van der Waals surface area contributed by atoms with Crippen LogP contribution in [-0.4, -0.2) is 13.0 Å². The van der Waals surface area contributed by atoms with Gasteiger partial charge in [0.05, 0.1) is 27.3 Å². The predicted octanol–water partition coefficient (Wildman–Crippen LogP) is 4.84. The number of hydrogen-bond acceptors (Lipinski definition) is 4. The lowest BCUT2D eigenvalue weighted by Crippen LogP contribution is -2.14. The first-order valence-electron chi connectivity index (χ1n) is 8.59. The summed E-state index contributed by atoms with van der Waals surface area (Å²) < 4.78 is 56.2. The van der Waals surface area contributed by atoms with Gasteiger partial charge in [0, 0.05) is 11.1 Å². The number of benzene rings is 3. The molecule has 154 valence electrons. The van der Waals surface area contributed by atoms with Gasteiger partial charge in [-0.3, -0.25) is 14.1 Å². The van der Waals surface area contributed by atoms with E-state index in [1.165, 1.54) is 22.8 Å². The number of halogens is 3. The summed E-state index contributed by atoms with van der Waals surface area (Å²) in [6.07, 6.45) is 0. The molecule has 0 amide bonds.